The van der Waals surface area contributed by atoms with Gasteiger partial charge in [-0.3, -0.25) is 0 Å². The van der Waals surface area contributed by atoms with Crippen LogP contribution < -0.4 is 4.74 Å². The summed E-state index contributed by atoms with van der Waals surface area (Å²) in [7, 11) is 0. The van der Waals surface area contributed by atoms with Crippen molar-refractivity contribution in [1.29, 1.82) is 0 Å². The van der Waals surface area contributed by atoms with Crippen LogP contribution in [-0.4, -0.2) is 16.1 Å². The molecular weight excluding hydrogens is 256 g/mol. The Labute approximate surface area is 98.4 Å². The number of rotatable bonds is 2. The van der Waals surface area contributed by atoms with Crippen LogP contribution in [0.5, 0.6) is 6.01 Å². The molecule has 0 amide bonds. The quantitative estimate of drug-likeness (QED) is 0.828. The van der Waals surface area contributed by atoms with E-state index < -0.39 is 0 Å². The molecule has 1 aliphatic rings. The van der Waals surface area contributed by atoms with Gasteiger partial charge in [-0.05, 0) is 48.5 Å². The zero-order chi connectivity index (χ0) is 10.7. The molecule has 0 saturated heterocycles. The lowest BCUT2D eigenvalue weighted by atomic mass is 9.98. The average molecular weight is 271 g/mol. The molecule has 1 saturated carbocycles. The summed E-state index contributed by atoms with van der Waals surface area (Å²) in [5.74, 6) is 0. The number of nitrogens with zero attached hydrogens (tertiary/aromatic N) is 2. The molecule has 0 aliphatic heterocycles. The first-order valence-corrected chi connectivity index (χ1v) is 6.21. The second-order valence-corrected chi connectivity index (χ2v) is 4.82. The average Bonchev–Trinajstić information content (AvgIpc) is 2.25. The highest BCUT2D eigenvalue weighted by atomic mass is 79.9. The van der Waals surface area contributed by atoms with Gasteiger partial charge in [0.15, 0.2) is 0 Å². The summed E-state index contributed by atoms with van der Waals surface area (Å²) < 4.78 is 6.68. The summed E-state index contributed by atoms with van der Waals surface area (Å²) in [4.78, 5) is 8.44. The van der Waals surface area contributed by atoms with Crippen LogP contribution in [0.3, 0.4) is 0 Å². The number of ether oxygens (including phenoxy) is 1. The Morgan fingerprint density at radius 1 is 1.33 bits per heavy atom. The van der Waals surface area contributed by atoms with E-state index in [0.717, 1.165) is 23.0 Å². The van der Waals surface area contributed by atoms with Crippen LogP contribution in [0.25, 0.3) is 0 Å². The zero-order valence-electron chi connectivity index (χ0n) is 8.87. The van der Waals surface area contributed by atoms with Gasteiger partial charge < -0.3 is 4.74 Å². The van der Waals surface area contributed by atoms with Crippen LogP contribution in [0, 0.1) is 6.92 Å². The Morgan fingerprint density at radius 3 is 2.73 bits per heavy atom. The van der Waals surface area contributed by atoms with Gasteiger partial charge in [-0.1, -0.05) is 6.42 Å². The monoisotopic (exact) mass is 270 g/mol. The number of hydrogen-bond acceptors (Lipinski definition) is 3. The summed E-state index contributed by atoms with van der Waals surface area (Å²) in [5.41, 5.74) is 0.927. The molecule has 15 heavy (non-hydrogen) atoms. The van der Waals surface area contributed by atoms with Gasteiger partial charge in [-0.2, -0.15) is 4.98 Å². The minimum Gasteiger partial charge on any atom is -0.460 e. The third kappa shape index (κ3) is 2.91. The molecule has 0 spiro atoms. The van der Waals surface area contributed by atoms with E-state index in [4.69, 9.17) is 4.74 Å². The number of hydrogen-bond donors (Lipinski definition) is 0. The Morgan fingerprint density at radius 2 is 2.07 bits per heavy atom. The van der Waals surface area contributed by atoms with Crippen molar-refractivity contribution >= 4 is 15.9 Å². The van der Waals surface area contributed by atoms with Gasteiger partial charge in [0.25, 0.3) is 0 Å². The first kappa shape index (κ1) is 10.9. The molecule has 4 heteroatoms. The van der Waals surface area contributed by atoms with Crippen molar-refractivity contribution in [2.75, 3.05) is 0 Å². The topological polar surface area (TPSA) is 35.0 Å². The summed E-state index contributed by atoms with van der Waals surface area (Å²) in [6, 6.07) is 0.516. The Kier molecular flexibility index (Phi) is 3.57. The fourth-order valence-electron chi connectivity index (χ4n) is 1.82. The van der Waals surface area contributed by atoms with E-state index >= 15 is 0 Å². The summed E-state index contributed by atoms with van der Waals surface area (Å²) in [5, 5.41) is 0. The third-order valence-electron chi connectivity index (χ3n) is 2.72. The Balaban J connectivity index is 2.00. The van der Waals surface area contributed by atoms with Crippen molar-refractivity contribution < 1.29 is 4.74 Å². The van der Waals surface area contributed by atoms with Crippen LogP contribution in [0.15, 0.2) is 10.7 Å². The van der Waals surface area contributed by atoms with Gasteiger partial charge >= 0.3 is 6.01 Å². The van der Waals surface area contributed by atoms with E-state index in [2.05, 4.69) is 25.9 Å². The molecule has 0 N–H and O–H groups in total. The molecule has 1 heterocycles. The second kappa shape index (κ2) is 4.92. The van der Waals surface area contributed by atoms with Crippen molar-refractivity contribution in [3.05, 3.63) is 16.4 Å². The lowest BCUT2D eigenvalue weighted by Gasteiger charge is -2.21. The molecule has 1 aromatic heterocycles. The van der Waals surface area contributed by atoms with E-state index in [0.29, 0.717) is 12.1 Å². The fraction of sp³-hybridized carbons (Fsp3) is 0.636. The smallest absolute Gasteiger partial charge is 0.316 e. The maximum Gasteiger partial charge on any atom is 0.316 e. The Bertz CT molecular complexity index is 337. The normalized spacial score (nSPS) is 17.7. The van der Waals surface area contributed by atoms with Crippen molar-refractivity contribution in [2.24, 2.45) is 0 Å². The van der Waals surface area contributed by atoms with Crippen LogP contribution in [0.2, 0.25) is 0 Å². The predicted molar refractivity (Wildman–Crippen MR) is 62.0 cm³/mol. The lowest BCUT2D eigenvalue weighted by molar-refractivity contribution is 0.141. The Hall–Kier alpha value is -0.640. The van der Waals surface area contributed by atoms with Gasteiger partial charge in [0, 0.05) is 6.20 Å². The van der Waals surface area contributed by atoms with E-state index in [1.54, 1.807) is 6.20 Å². The fourth-order valence-corrected chi connectivity index (χ4v) is 2.01. The maximum absolute atomic E-state index is 5.75. The first-order valence-electron chi connectivity index (χ1n) is 5.41. The number of halogens is 1. The van der Waals surface area contributed by atoms with Crippen LogP contribution in [0.1, 0.15) is 37.8 Å². The van der Waals surface area contributed by atoms with Crippen molar-refractivity contribution in [3.63, 3.8) is 0 Å². The molecule has 0 atom stereocenters. The SMILES string of the molecule is Cc1nc(OC2CCCCC2)ncc1Br. The minimum absolute atomic E-state index is 0.319. The van der Waals surface area contributed by atoms with E-state index in [9.17, 15) is 0 Å². The third-order valence-corrected chi connectivity index (χ3v) is 3.50. The highest BCUT2D eigenvalue weighted by molar-refractivity contribution is 9.10. The van der Waals surface area contributed by atoms with Gasteiger partial charge in [0.05, 0.1) is 10.2 Å². The molecule has 1 aliphatic carbocycles. The lowest BCUT2D eigenvalue weighted by Crippen LogP contribution is -2.20. The van der Waals surface area contributed by atoms with Crippen LogP contribution in [-0.2, 0) is 0 Å². The first-order chi connectivity index (χ1) is 7.25. The van der Waals surface area contributed by atoms with Crippen molar-refractivity contribution in [1.82, 2.24) is 9.97 Å². The number of aromatic nitrogens is 2. The van der Waals surface area contributed by atoms with Crippen LogP contribution in [0.4, 0.5) is 0 Å². The van der Waals surface area contributed by atoms with Gasteiger partial charge in [0.2, 0.25) is 0 Å². The summed E-state index contributed by atoms with van der Waals surface area (Å²) in [6.45, 7) is 1.94. The molecule has 0 aromatic carbocycles. The molecule has 1 aromatic rings. The molecule has 3 nitrogen and oxygen atoms in total. The van der Waals surface area contributed by atoms with Crippen molar-refractivity contribution in [2.45, 2.75) is 45.1 Å². The largest absolute Gasteiger partial charge is 0.460 e. The van der Waals surface area contributed by atoms with Gasteiger partial charge in [0.1, 0.15) is 6.10 Å². The predicted octanol–water partition coefficient (Wildman–Crippen LogP) is 3.26. The molecule has 0 bridgehead atoms. The standard InChI is InChI=1S/C11H15BrN2O/c1-8-10(12)7-13-11(14-8)15-9-5-3-2-4-6-9/h7,9H,2-6H2,1H3. The maximum atomic E-state index is 5.75. The van der Waals surface area contributed by atoms with E-state index in [-0.39, 0.29) is 0 Å². The summed E-state index contributed by atoms with van der Waals surface area (Å²) in [6.07, 6.45) is 8.21. The van der Waals surface area contributed by atoms with Crippen molar-refractivity contribution in [3.8, 4) is 6.01 Å². The van der Waals surface area contributed by atoms with E-state index in [1.165, 1.54) is 19.3 Å². The minimum atomic E-state index is 0.319. The number of aryl methyl sites for hydroxylation is 1. The molecule has 1 fully saturated rings. The van der Waals surface area contributed by atoms with Crippen LogP contribution >= 0.6 is 15.9 Å². The zero-order valence-corrected chi connectivity index (χ0v) is 10.5. The molecule has 2 rings (SSSR count). The highest BCUT2D eigenvalue weighted by Crippen LogP contribution is 2.22. The van der Waals surface area contributed by atoms with Gasteiger partial charge in [-0.25, -0.2) is 4.98 Å². The second-order valence-electron chi connectivity index (χ2n) is 3.96. The molecule has 0 unspecified atom stereocenters. The summed E-state index contributed by atoms with van der Waals surface area (Å²) >= 11 is 3.37. The van der Waals surface area contributed by atoms with E-state index in [1.807, 2.05) is 6.92 Å². The molecular formula is C11H15BrN2O. The highest BCUT2D eigenvalue weighted by Gasteiger charge is 2.16. The van der Waals surface area contributed by atoms with Gasteiger partial charge in [-0.15, -0.1) is 0 Å². The molecule has 0 radical (unpaired) electrons. The molecule has 82 valence electrons.